The molecule has 6 nitrogen and oxygen atoms in total. The molecule has 1 aliphatic heterocycles. The number of aromatic nitrogens is 1. The maximum atomic E-state index is 13.3. The van der Waals surface area contributed by atoms with E-state index in [0.29, 0.717) is 31.9 Å². The Morgan fingerprint density at radius 2 is 1.96 bits per heavy atom. The van der Waals surface area contributed by atoms with Crippen molar-refractivity contribution in [1.82, 2.24) is 14.8 Å². The molecule has 27 heavy (non-hydrogen) atoms. The van der Waals surface area contributed by atoms with Gasteiger partial charge in [-0.3, -0.25) is 9.59 Å². The van der Waals surface area contributed by atoms with Crippen LogP contribution in [0.2, 0.25) is 0 Å². The van der Waals surface area contributed by atoms with Gasteiger partial charge in [0, 0.05) is 36.6 Å². The van der Waals surface area contributed by atoms with E-state index in [1.54, 1.807) is 4.90 Å². The number of rotatable bonds is 5. The topological polar surface area (TPSA) is 63.6 Å². The van der Waals surface area contributed by atoms with Crippen molar-refractivity contribution in [3.63, 3.8) is 0 Å². The molecule has 1 saturated heterocycles. The summed E-state index contributed by atoms with van der Waals surface area (Å²) in [6, 6.07) is 11.7. The van der Waals surface area contributed by atoms with Crippen LogP contribution in [0, 0.1) is 13.8 Å². The van der Waals surface area contributed by atoms with Crippen LogP contribution in [-0.4, -0.2) is 53.6 Å². The van der Waals surface area contributed by atoms with Crippen molar-refractivity contribution in [2.24, 2.45) is 0 Å². The number of aryl methyl sites for hydroxylation is 1. The molecule has 2 aromatic rings. The van der Waals surface area contributed by atoms with Gasteiger partial charge in [-0.05, 0) is 39.0 Å². The number of hydrogen-bond acceptors (Lipinski definition) is 3. The molecule has 3 rings (SSSR count). The second-order valence-corrected chi connectivity index (χ2v) is 6.84. The molecule has 0 saturated carbocycles. The zero-order chi connectivity index (χ0) is 19.4. The lowest BCUT2D eigenvalue weighted by atomic mass is 10.1. The molecule has 1 aliphatic rings. The predicted molar refractivity (Wildman–Crippen MR) is 104 cm³/mol. The first-order chi connectivity index (χ1) is 13.0. The molecule has 2 amide bonds. The molecule has 1 aromatic carbocycles. The highest BCUT2D eigenvalue weighted by Gasteiger charge is 2.31. The van der Waals surface area contributed by atoms with Crippen LogP contribution in [0.3, 0.4) is 0 Å². The van der Waals surface area contributed by atoms with Gasteiger partial charge in [-0.2, -0.15) is 0 Å². The zero-order valence-corrected chi connectivity index (χ0v) is 16.2. The molecule has 2 heterocycles. The van der Waals surface area contributed by atoms with Crippen molar-refractivity contribution in [3.8, 4) is 5.69 Å². The molecule has 6 heteroatoms. The molecule has 1 N–H and O–H groups in total. The molecule has 0 aliphatic carbocycles. The standard InChI is InChI=1S/C21H27N3O3/c1-4-22-20(25)13-18-14-27-11-10-23(18)21(26)19-12-15(2)24(16(19)3)17-8-6-5-7-9-17/h5-9,12,18H,4,10-11,13-14H2,1-3H3,(H,22,25)/t18-/m0/s1. The SMILES string of the molecule is CCNC(=O)C[C@H]1COCCN1C(=O)c1cc(C)n(-c2ccccc2)c1C. The lowest BCUT2D eigenvalue weighted by Crippen LogP contribution is -2.50. The van der Waals surface area contributed by atoms with Crippen LogP contribution in [0.25, 0.3) is 5.69 Å². The van der Waals surface area contributed by atoms with E-state index in [9.17, 15) is 9.59 Å². The molecular formula is C21H27N3O3. The molecule has 1 atom stereocenters. The smallest absolute Gasteiger partial charge is 0.256 e. The van der Waals surface area contributed by atoms with Crippen LogP contribution in [0.15, 0.2) is 36.4 Å². The van der Waals surface area contributed by atoms with Crippen molar-refractivity contribution < 1.29 is 14.3 Å². The Balaban J connectivity index is 1.87. The number of morpholine rings is 1. The summed E-state index contributed by atoms with van der Waals surface area (Å²) in [5, 5.41) is 2.80. The predicted octanol–water partition coefficient (Wildman–Crippen LogP) is 2.46. The summed E-state index contributed by atoms with van der Waals surface area (Å²) in [5.41, 5.74) is 3.63. The first-order valence-electron chi connectivity index (χ1n) is 9.42. The van der Waals surface area contributed by atoms with Gasteiger partial charge >= 0.3 is 0 Å². The van der Waals surface area contributed by atoms with E-state index in [1.807, 2.05) is 57.2 Å². The summed E-state index contributed by atoms with van der Waals surface area (Å²) < 4.78 is 7.62. The highest BCUT2D eigenvalue weighted by Crippen LogP contribution is 2.24. The fourth-order valence-electron chi connectivity index (χ4n) is 3.68. The van der Waals surface area contributed by atoms with Crippen LogP contribution >= 0.6 is 0 Å². The Bertz CT molecular complexity index is 814. The van der Waals surface area contributed by atoms with Crippen LogP contribution in [-0.2, 0) is 9.53 Å². The van der Waals surface area contributed by atoms with Gasteiger partial charge < -0.3 is 19.5 Å². The highest BCUT2D eigenvalue weighted by molar-refractivity contribution is 5.96. The summed E-state index contributed by atoms with van der Waals surface area (Å²) in [7, 11) is 0. The Hall–Kier alpha value is -2.60. The number of carbonyl (C=O) groups is 2. The molecule has 0 unspecified atom stereocenters. The Kier molecular flexibility index (Phi) is 5.96. The third-order valence-corrected chi connectivity index (χ3v) is 4.96. The minimum Gasteiger partial charge on any atom is -0.377 e. The second kappa shape index (κ2) is 8.39. The molecule has 144 valence electrons. The summed E-state index contributed by atoms with van der Waals surface area (Å²) in [6.45, 7) is 7.82. The number of nitrogens with zero attached hydrogens (tertiary/aromatic N) is 2. The maximum absolute atomic E-state index is 13.3. The van der Waals surface area contributed by atoms with E-state index in [0.717, 1.165) is 17.1 Å². The second-order valence-electron chi connectivity index (χ2n) is 6.84. The number of hydrogen-bond donors (Lipinski definition) is 1. The third kappa shape index (κ3) is 4.06. The largest absolute Gasteiger partial charge is 0.377 e. The number of para-hydroxylation sites is 1. The minimum atomic E-state index is -0.238. The summed E-state index contributed by atoms with van der Waals surface area (Å²) in [5.74, 6) is -0.0940. The molecule has 0 bridgehead atoms. The normalized spacial score (nSPS) is 17.0. The van der Waals surface area contributed by atoms with Crippen LogP contribution in [0.5, 0.6) is 0 Å². The summed E-state index contributed by atoms with van der Waals surface area (Å²) in [6.07, 6.45) is 0.261. The number of carbonyl (C=O) groups excluding carboxylic acids is 2. The average Bonchev–Trinajstić information content (AvgIpc) is 2.97. The van der Waals surface area contributed by atoms with Gasteiger partial charge in [0.2, 0.25) is 5.91 Å². The quantitative estimate of drug-likeness (QED) is 0.881. The minimum absolute atomic E-state index is 0.0390. The highest BCUT2D eigenvalue weighted by atomic mass is 16.5. The van der Waals surface area contributed by atoms with Crippen molar-refractivity contribution in [1.29, 1.82) is 0 Å². The van der Waals surface area contributed by atoms with Gasteiger partial charge in [-0.15, -0.1) is 0 Å². The fraction of sp³-hybridized carbons (Fsp3) is 0.429. The summed E-state index contributed by atoms with van der Waals surface area (Å²) in [4.78, 5) is 27.1. The van der Waals surface area contributed by atoms with Gasteiger partial charge in [0.05, 0.1) is 24.8 Å². The van der Waals surface area contributed by atoms with E-state index in [2.05, 4.69) is 9.88 Å². The van der Waals surface area contributed by atoms with E-state index in [-0.39, 0.29) is 24.3 Å². The molecular weight excluding hydrogens is 342 g/mol. The monoisotopic (exact) mass is 369 g/mol. The van der Waals surface area contributed by atoms with Crippen molar-refractivity contribution in [3.05, 3.63) is 53.3 Å². The lowest BCUT2D eigenvalue weighted by Gasteiger charge is -2.35. The van der Waals surface area contributed by atoms with Gasteiger partial charge in [0.15, 0.2) is 0 Å². The van der Waals surface area contributed by atoms with E-state index < -0.39 is 0 Å². The number of amides is 2. The lowest BCUT2D eigenvalue weighted by molar-refractivity contribution is -0.123. The van der Waals surface area contributed by atoms with E-state index in [4.69, 9.17) is 4.74 Å². The van der Waals surface area contributed by atoms with Gasteiger partial charge in [0.25, 0.3) is 5.91 Å². The maximum Gasteiger partial charge on any atom is 0.256 e. The van der Waals surface area contributed by atoms with Gasteiger partial charge in [0.1, 0.15) is 0 Å². The average molecular weight is 369 g/mol. The number of ether oxygens (including phenoxy) is 1. The van der Waals surface area contributed by atoms with Gasteiger partial charge in [-0.1, -0.05) is 18.2 Å². The Morgan fingerprint density at radius 3 is 2.67 bits per heavy atom. The molecule has 0 spiro atoms. The first kappa shape index (κ1) is 19.2. The third-order valence-electron chi connectivity index (χ3n) is 4.96. The molecule has 1 fully saturated rings. The Morgan fingerprint density at radius 1 is 1.22 bits per heavy atom. The molecule has 1 aromatic heterocycles. The number of benzene rings is 1. The van der Waals surface area contributed by atoms with E-state index in [1.165, 1.54) is 0 Å². The van der Waals surface area contributed by atoms with Crippen LogP contribution in [0.1, 0.15) is 35.1 Å². The summed E-state index contributed by atoms with van der Waals surface area (Å²) >= 11 is 0. The van der Waals surface area contributed by atoms with Crippen LogP contribution in [0.4, 0.5) is 0 Å². The number of nitrogens with one attached hydrogen (secondary N) is 1. The van der Waals surface area contributed by atoms with Gasteiger partial charge in [-0.25, -0.2) is 0 Å². The van der Waals surface area contributed by atoms with Crippen molar-refractivity contribution in [2.75, 3.05) is 26.3 Å². The Labute approximate surface area is 160 Å². The van der Waals surface area contributed by atoms with Crippen LogP contribution < -0.4 is 5.32 Å². The molecule has 0 radical (unpaired) electrons. The van der Waals surface area contributed by atoms with Crippen molar-refractivity contribution in [2.45, 2.75) is 33.2 Å². The zero-order valence-electron chi connectivity index (χ0n) is 16.2. The first-order valence-corrected chi connectivity index (χ1v) is 9.42. The van der Waals surface area contributed by atoms with E-state index >= 15 is 0 Å². The fourth-order valence-corrected chi connectivity index (χ4v) is 3.68. The van der Waals surface area contributed by atoms with Crippen molar-refractivity contribution >= 4 is 11.8 Å².